The summed E-state index contributed by atoms with van der Waals surface area (Å²) >= 11 is 1.30. The Morgan fingerprint density at radius 1 is 1.43 bits per heavy atom. The average molecular weight is 337 g/mol. The van der Waals surface area contributed by atoms with E-state index in [0.29, 0.717) is 24.9 Å². The fourth-order valence-electron chi connectivity index (χ4n) is 2.32. The molecule has 0 bridgehead atoms. The van der Waals surface area contributed by atoms with E-state index in [9.17, 15) is 9.18 Å². The van der Waals surface area contributed by atoms with Crippen molar-refractivity contribution in [2.75, 3.05) is 25.4 Å². The Kier molecular flexibility index (Phi) is 4.87. The molecule has 0 aliphatic carbocycles. The number of hydrogen-bond donors (Lipinski definition) is 0. The smallest absolute Gasteiger partial charge is 0.233 e. The van der Waals surface area contributed by atoms with E-state index in [2.05, 4.69) is 15.5 Å². The number of morpholine rings is 1. The molecule has 9 heteroatoms. The van der Waals surface area contributed by atoms with Crippen molar-refractivity contribution >= 4 is 17.7 Å². The van der Waals surface area contributed by atoms with Crippen LogP contribution < -0.4 is 0 Å². The van der Waals surface area contributed by atoms with Gasteiger partial charge in [0.25, 0.3) is 0 Å². The molecule has 1 fully saturated rings. The number of rotatable bonds is 4. The first-order chi connectivity index (χ1) is 11.1. The summed E-state index contributed by atoms with van der Waals surface area (Å²) in [5, 5.41) is 11.7. The largest absolute Gasteiger partial charge is 0.370 e. The summed E-state index contributed by atoms with van der Waals surface area (Å²) in [7, 11) is 1.73. The van der Waals surface area contributed by atoms with Crippen LogP contribution in [0.25, 0.3) is 0 Å². The molecule has 1 aromatic heterocycles. The predicted octanol–water partition coefficient (Wildman–Crippen LogP) is 1.04. The van der Waals surface area contributed by atoms with Crippen LogP contribution in [0.4, 0.5) is 4.39 Å². The highest BCUT2D eigenvalue weighted by Gasteiger charge is 2.25. The molecule has 0 spiro atoms. The Morgan fingerprint density at radius 3 is 2.91 bits per heavy atom. The molecule has 1 aromatic carbocycles. The summed E-state index contributed by atoms with van der Waals surface area (Å²) in [6.07, 6.45) is -0.227. The van der Waals surface area contributed by atoms with Crippen LogP contribution in [-0.2, 0) is 16.6 Å². The standard InChI is InChI=1S/C14H16FN5O2S/c1-19-14(16-17-18-19)23-9-13(21)20-6-7-22-12(8-20)10-2-4-11(15)5-3-10/h2-5,12H,6-9H2,1H3/t12-/m0/s1. The zero-order valence-corrected chi connectivity index (χ0v) is 13.4. The van der Waals surface area contributed by atoms with E-state index < -0.39 is 0 Å². The van der Waals surface area contributed by atoms with Crippen LogP contribution in [0.15, 0.2) is 29.4 Å². The lowest BCUT2D eigenvalue weighted by Gasteiger charge is -2.33. The van der Waals surface area contributed by atoms with Crippen LogP contribution in [-0.4, -0.2) is 56.5 Å². The number of carbonyl (C=O) groups is 1. The first-order valence-electron chi connectivity index (χ1n) is 7.13. The number of aromatic nitrogens is 4. The lowest BCUT2D eigenvalue weighted by molar-refractivity contribution is -0.136. The van der Waals surface area contributed by atoms with E-state index in [1.165, 1.54) is 28.6 Å². The summed E-state index contributed by atoms with van der Waals surface area (Å²) in [6, 6.07) is 6.18. The second-order valence-corrected chi connectivity index (χ2v) is 6.07. The lowest BCUT2D eigenvalue weighted by Crippen LogP contribution is -2.43. The molecule has 2 heterocycles. The van der Waals surface area contributed by atoms with Gasteiger partial charge in [-0.25, -0.2) is 9.07 Å². The number of ether oxygens (including phenoxy) is 1. The van der Waals surface area contributed by atoms with Crippen molar-refractivity contribution in [3.05, 3.63) is 35.6 Å². The first kappa shape index (κ1) is 15.9. The Bertz CT molecular complexity index is 678. The van der Waals surface area contributed by atoms with Crippen molar-refractivity contribution in [2.45, 2.75) is 11.3 Å². The molecule has 23 heavy (non-hydrogen) atoms. The number of aryl methyl sites for hydroxylation is 1. The monoisotopic (exact) mass is 337 g/mol. The highest BCUT2D eigenvalue weighted by molar-refractivity contribution is 7.99. The van der Waals surface area contributed by atoms with Gasteiger partial charge in [-0.15, -0.1) is 5.10 Å². The summed E-state index contributed by atoms with van der Waals surface area (Å²) < 4.78 is 20.2. The average Bonchev–Trinajstić information content (AvgIpc) is 2.98. The summed E-state index contributed by atoms with van der Waals surface area (Å²) in [4.78, 5) is 14.1. The third-order valence-corrected chi connectivity index (χ3v) is 4.56. The Hall–Kier alpha value is -2.00. The molecule has 0 unspecified atom stereocenters. The molecule has 1 aliphatic heterocycles. The molecule has 0 saturated carbocycles. The van der Waals surface area contributed by atoms with Crippen LogP contribution in [0, 0.1) is 5.82 Å². The molecule has 1 saturated heterocycles. The van der Waals surface area contributed by atoms with E-state index in [4.69, 9.17) is 4.74 Å². The molecule has 2 aromatic rings. The van der Waals surface area contributed by atoms with Crippen molar-refractivity contribution in [3.8, 4) is 0 Å². The SMILES string of the molecule is Cn1nnnc1SCC(=O)N1CCO[C@H](c2ccc(F)cc2)C1. The summed E-state index contributed by atoms with van der Waals surface area (Å²) in [5.41, 5.74) is 0.869. The molecular formula is C14H16FN5O2S. The lowest BCUT2D eigenvalue weighted by atomic mass is 10.1. The van der Waals surface area contributed by atoms with E-state index in [0.717, 1.165) is 5.56 Å². The first-order valence-corrected chi connectivity index (χ1v) is 8.12. The Labute approximate surface area is 136 Å². The molecule has 7 nitrogen and oxygen atoms in total. The third kappa shape index (κ3) is 3.85. The van der Waals surface area contributed by atoms with Gasteiger partial charge in [-0.1, -0.05) is 23.9 Å². The van der Waals surface area contributed by atoms with Gasteiger partial charge < -0.3 is 9.64 Å². The Morgan fingerprint density at radius 2 is 2.22 bits per heavy atom. The molecule has 0 N–H and O–H groups in total. The van der Waals surface area contributed by atoms with Crippen molar-refractivity contribution in [2.24, 2.45) is 7.05 Å². The van der Waals surface area contributed by atoms with Crippen LogP contribution >= 0.6 is 11.8 Å². The highest BCUT2D eigenvalue weighted by atomic mass is 32.2. The summed E-state index contributed by atoms with van der Waals surface area (Å²) in [5.74, 6) is -0.00995. The van der Waals surface area contributed by atoms with Gasteiger partial charge in [-0.05, 0) is 28.1 Å². The summed E-state index contributed by atoms with van der Waals surface area (Å²) in [6.45, 7) is 1.47. The van der Waals surface area contributed by atoms with Crippen molar-refractivity contribution in [3.63, 3.8) is 0 Å². The number of benzene rings is 1. The molecule has 1 amide bonds. The van der Waals surface area contributed by atoms with Crippen molar-refractivity contribution in [1.82, 2.24) is 25.1 Å². The van der Waals surface area contributed by atoms with Gasteiger partial charge in [-0.2, -0.15) is 0 Å². The quantitative estimate of drug-likeness (QED) is 0.776. The fraction of sp³-hybridized carbons (Fsp3) is 0.429. The van der Waals surface area contributed by atoms with E-state index in [1.807, 2.05) is 0 Å². The second-order valence-electron chi connectivity index (χ2n) is 5.12. The zero-order chi connectivity index (χ0) is 16.2. The minimum Gasteiger partial charge on any atom is -0.370 e. The topological polar surface area (TPSA) is 73.1 Å². The number of carbonyl (C=O) groups excluding carboxylic acids is 1. The fourth-order valence-corrected chi connectivity index (χ4v) is 3.07. The van der Waals surface area contributed by atoms with Gasteiger partial charge in [0.05, 0.1) is 18.9 Å². The molecule has 0 radical (unpaired) electrons. The van der Waals surface area contributed by atoms with E-state index in [1.54, 1.807) is 24.1 Å². The van der Waals surface area contributed by atoms with Gasteiger partial charge >= 0.3 is 0 Å². The van der Waals surface area contributed by atoms with Crippen LogP contribution in [0.2, 0.25) is 0 Å². The predicted molar refractivity (Wildman–Crippen MR) is 81.2 cm³/mol. The van der Waals surface area contributed by atoms with Crippen LogP contribution in [0.5, 0.6) is 0 Å². The van der Waals surface area contributed by atoms with Gasteiger partial charge in [0, 0.05) is 13.6 Å². The minimum absolute atomic E-state index is 0.00779. The number of thioether (sulfide) groups is 1. The number of halogens is 1. The van der Waals surface area contributed by atoms with Crippen molar-refractivity contribution in [1.29, 1.82) is 0 Å². The van der Waals surface area contributed by atoms with Crippen molar-refractivity contribution < 1.29 is 13.9 Å². The van der Waals surface area contributed by atoms with E-state index in [-0.39, 0.29) is 23.6 Å². The maximum atomic E-state index is 13.0. The molecular weight excluding hydrogens is 321 g/mol. The van der Waals surface area contributed by atoms with E-state index >= 15 is 0 Å². The zero-order valence-electron chi connectivity index (χ0n) is 12.6. The number of tetrazole rings is 1. The highest BCUT2D eigenvalue weighted by Crippen LogP contribution is 2.23. The number of amides is 1. The normalized spacial score (nSPS) is 18.2. The molecule has 3 rings (SSSR count). The molecule has 122 valence electrons. The van der Waals surface area contributed by atoms with Gasteiger partial charge in [0.1, 0.15) is 11.9 Å². The van der Waals surface area contributed by atoms with Crippen LogP contribution in [0.3, 0.4) is 0 Å². The maximum Gasteiger partial charge on any atom is 0.233 e. The number of nitrogens with zero attached hydrogens (tertiary/aromatic N) is 5. The van der Waals surface area contributed by atoms with Gasteiger partial charge in [0.2, 0.25) is 11.1 Å². The minimum atomic E-state index is -0.286. The van der Waals surface area contributed by atoms with Gasteiger partial charge in [0.15, 0.2) is 0 Å². The maximum absolute atomic E-state index is 13.0. The van der Waals surface area contributed by atoms with Gasteiger partial charge in [-0.3, -0.25) is 4.79 Å². The molecule has 1 aliphatic rings. The molecule has 1 atom stereocenters. The second kappa shape index (κ2) is 7.05. The number of hydrogen-bond acceptors (Lipinski definition) is 6. The van der Waals surface area contributed by atoms with Crippen LogP contribution in [0.1, 0.15) is 11.7 Å². The third-order valence-electron chi connectivity index (χ3n) is 3.57. The Balaban J connectivity index is 1.58.